The highest BCUT2D eigenvalue weighted by molar-refractivity contribution is 5.96. The predicted octanol–water partition coefficient (Wildman–Crippen LogP) is -0.769. The number of rotatable bonds is 20. The zero-order valence-corrected chi connectivity index (χ0v) is 30.2. The van der Waals surface area contributed by atoms with Gasteiger partial charge >= 0.3 is 5.97 Å². The van der Waals surface area contributed by atoms with E-state index in [4.69, 9.17) is 5.73 Å². The predicted molar refractivity (Wildman–Crippen MR) is 181 cm³/mol. The van der Waals surface area contributed by atoms with Crippen LogP contribution in [-0.2, 0) is 33.6 Å². The number of aliphatic hydroxyl groups is 1. The minimum atomic E-state index is -1.20. The molecule has 1 heterocycles. The normalized spacial score (nSPS) is 18.2. The molecule has 0 saturated carbocycles. The number of likely N-dealkylation sites (tertiary alicyclic amines) is 1. The number of carboxylic acid groups (broad SMARTS) is 1. The van der Waals surface area contributed by atoms with E-state index in [1.165, 1.54) is 4.90 Å². The summed E-state index contributed by atoms with van der Waals surface area (Å²) in [5, 5.41) is 31.7. The number of carbonyl (C=O) groups excluding carboxylic acids is 6. The van der Waals surface area contributed by atoms with Crippen molar-refractivity contribution in [3.8, 4) is 0 Å². The number of nitrogens with zero attached hydrogens (tertiary/aromatic N) is 1. The molecule has 0 bridgehead atoms. The van der Waals surface area contributed by atoms with E-state index in [-0.39, 0.29) is 43.1 Å². The first-order chi connectivity index (χ1) is 22.8. The van der Waals surface area contributed by atoms with Crippen molar-refractivity contribution in [1.82, 2.24) is 31.5 Å². The molecule has 0 aliphatic carbocycles. The topological polar surface area (TPSA) is 249 Å². The maximum Gasteiger partial charge on any atom is 0.326 e. The second-order valence-corrected chi connectivity index (χ2v) is 14.1. The lowest BCUT2D eigenvalue weighted by Crippen LogP contribution is -2.60. The van der Waals surface area contributed by atoms with Crippen molar-refractivity contribution in [3.63, 3.8) is 0 Å². The van der Waals surface area contributed by atoms with Crippen LogP contribution in [0.15, 0.2) is 0 Å². The van der Waals surface area contributed by atoms with Gasteiger partial charge in [0.05, 0.1) is 13.2 Å². The van der Waals surface area contributed by atoms with Crippen LogP contribution in [0.4, 0.5) is 0 Å². The highest BCUT2D eigenvalue weighted by Gasteiger charge is 2.39. The Balaban J connectivity index is 3.11. The van der Waals surface area contributed by atoms with Crippen molar-refractivity contribution >= 4 is 41.4 Å². The van der Waals surface area contributed by atoms with Crippen molar-refractivity contribution in [2.45, 2.75) is 124 Å². The van der Waals surface area contributed by atoms with E-state index in [9.17, 15) is 43.8 Å². The van der Waals surface area contributed by atoms with Crippen LogP contribution in [0.3, 0.4) is 0 Å². The van der Waals surface area contributed by atoms with Crippen LogP contribution in [0, 0.1) is 23.7 Å². The summed E-state index contributed by atoms with van der Waals surface area (Å²) in [7, 11) is 0. The van der Waals surface area contributed by atoms with Crippen LogP contribution in [0.5, 0.6) is 0 Å². The molecule has 0 spiro atoms. The molecule has 1 aliphatic heterocycles. The Morgan fingerprint density at radius 2 is 1.35 bits per heavy atom. The number of carbonyl (C=O) groups is 7. The van der Waals surface area contributed by atoms with Gasteiger partial charge in [0.25, 0.3) is 0 Å². The monoisotopic (exact) mass is 697 g/mol. The highest BCUT2D eigenvalue weighted by Crippen LogP contribution is 2.20. The summed E-state index contributed by atoms with van der Waals surface area (Å²) in [4.78, 5) is 91.7. The Morgan fingerprint density at radius 3 is 1.84 bits per heavy atom. The molecule has 9 N–H and O–H groups in total. The summed E-state index contributed by atoms with van der Waals surface area (Å²) < 4.78 is 0. The van der Waals surface area contributed by atoms with Crippen molar-refractivity contribution in [2.75, 3.05) is 19.7 Å². The fourth-order valence-electron chi connectivity index (χ4n) is 5.51. The molecule has 16 heteroatoms. The van der Waals surface area contributed by atoms with Crippen LogP contribution in [0.1, 0.15) is 87.5 Å². The third-order valence-corrected chi connectivity index (χ3v) is 8.50. The molecule has 0 aromatic heterocycles. The van der Waals surface area contributed by atoms with Crippen LogP contribution in [0.2, 0.25) is 0 Å². The van der Waals surface area contributed by atoms with Crippen molar-refractivity contribution in [1.29, 1.82) is 0 Å². The van der Waals surface area contributed by atoms with Gasteiger partial charge in [-0.15, -0.1) is 0 Å². The Morgan fingerprint density at radius 1 is 0.796 bits per heavy atom. The molecule has 1 saturated heterocycles. The molecular formula is C33H59N7O9. The van der Waals surface area contributed by atoms with Crippen molar-refractivity contribution in [3.05, 3.63) is 0 Å². The first-order valence-electron chi connectivity index (χ1n) is 17.2. The third-order valence-electron chi connectivity index (χ3n) is 8.50. The molecule has 1 fully saturated rings. The van der Waals surface area contributed by atoms with Gasteiger partial charge in [0.15, 0.2) is 0 Å². The Labute approximate surface area is 289 Å². The number of amides is 6. The average molecular weight is 698 g/mol. The Bertz CT molecular complexity index is 1160. The Kier molecular flexibility index (Phi) is 18.2. The number of aliphatic carboxylic acids is 1. The number of hydrogen-bond acceptors (Lipinski definition) is 9. The van der Waals surface area contributed by atoms with Crippen LogP contribution in [0.25, 0.3) is 0 Å². The molecule has 1 rings (SSSR count). The van der Waals surface area contributed by atoms with E-state index in [0.29, 0.717) is 19.3 Å². The van der Waals surface area contributed by atoms with Gasteiger partial charge < -0.3 is 47.4 Å². The third kappa shape index (κ3) is 13.9. The standard InChI is InChI=1S/C33H59N7O9/c1-9-20(8)27(39-30(45)24-11-10-12-40(24)32(47)21(34)16-41)31(46)37-23(14-18(4)5)29(44)36-22(13-17(2)3)28(43)35-15-25(42)38-26(19(6)7)33(48)49/h17-24,26-27,41H,9-16,34H2,1-8H3,(H,35,43)(H,36,44)(H,37,46)(H,38,42)(H,39,45)(H,48,49)/t20-,21-,22-,23-,24-,26-,27-/m0/s1. The van der Waals surface area contributed by atoms with Gasteiger partial charge in [-0.1, -0.05) is 61.8 Å². The molecule has 7 atom stereocenters. The second-order valence-electron chi connectivity index (χ2n) is 14.1. The van der Waals surface area contributed by atoms with Gasteiger partial charge in [-0.2, -0.15) is 0 Å². The van der Waals surface area contributed by atoms with Gasteiger partial charge in [0.1, 0.15) is 36.3 Å². The smallest absolute Gasteiger partial charge is 0.326 e. The number of nitrogens with two attached hydrogens (primary N) is 1. The van der Waals surface area contributed by atoms with E-state index in [0.717, 1.165) is 0 Å². The lowest BCUT2D eigenvalue weighted by atomic mass is 9.96. The summed E-state index contributed by atoms with van der Waals surface area (Å²) in [6, 6.07) is -6.34. The molecule has 0 aromatic carbocycles. The van der Waals surface area contributed by atoms with E-state index in [1.54, 1.807) is 20.8 Å². The molecule has 16 nitrogen and oxygen atoms in total. The molecule has 0 unspecified atom stereocenters. The first-order valence-corrected chi connectivity index (χ1v) is 17.2. The van der Waals surface area contributed by atoms with Crippen molar-refractivity contribution in [2.24, 2.45) is 29.4 Å². The summed E-state index contributed by atoms with van der Waals surface area (Å²) >= 11 is 0. The maximum atomic E-state index is 13.7. The summed E-state index contributed by atoms with van der Waals surface area (Å²) in [5.74, 6) is -5.71. The van der Waals surface area contributed by atoms with Gasteiger partial charge in [-0.05, 0) is 49.4 Å². The molecule has 6 amide bonds. The number of nitrogens with one attached hydrogen (secondary N) is 5. The van der Waals surface area contributed by atoms with Crippen LogP contribution < -0.4 is 32.3 Å². The van der Waals surface area contributed by atoms with E-state index in [2.05, 4.69) is 26.6 Å². The molecule has 0 aromatic rings. The summed E-state index contributed by atoms with van der Waals surface area (Å²) in [6.07, 6.45) is 1.86. The van der Waals surface area contributed by atoms with Crippen molar-refractivity contribution < 1.29 is 43.8 Å². The highest BCUT2D eigenvalue weighted by atomic mass is 16.4. The zero-order chi connectivity index (χ0) is 37.6. The Hall–Kier alpha value is -3.79. The molecule has 49 heavy (non-hydrogen) atoms. The minimum Gasteiger partial charge on any atom is -0.480 e. The maximum absolute atomic E-state index is 13.7. The van der Waals surface area contributed by atoms with Crippen LogP contribution in [-0.4, -0.2) is 112 Å². The van der Waals surface area contributed by atoms with E-state index < -0.39 is 90.8 Å². The zero-order valence-electron chi connectivity index (χ0n) is 30.2. The van der Waals surface area contributed by atoms with Crippen LogP contribution >= 0.6 is 0 Å². The van der Waals surface area contributed by atoms with Gasteiger partial charge in [-0.3, -0.25) is 28.8 Å². The largest absolute Gasteiger partial charge is 0.480 e. The number of carboxylic acids is 1. The molecule has 0 radical (unpaired) electrons. The van der Waals surface area contributed by atoms with E-state index >= 15 is 0 Å². The fourth-order valence-corrected chi connectivity index (χ4v) is 5.51. The second kappa shape index (κ2) is 20.7. The average Bonchev–Trinajstić information content (AvgIpc) is 3.52. The minimum absolute atomic E-state index is 0.0423. The fraction of sp³-hybridized carbons (Fsp3) is 0.788. The molecular weight excluding hydrogens is 638 g/mol. The number of aliphatic hydroxyl groups excluding tert-OH is 1. The lowest BCUT2D eigenvalue weighted by Gasteiger charge is -2.31. The molecule has 1 aliphatic rings. The van der Waals surface area contributed by atoms with Gasteiger partial charge in [0.2, 0.25) is 35.4 Å². The number of hydrogen-bond donors (Lipinski definition) is 8. The molecule has 280 valence electrons. The van der Waals surface area contributed by atoms with Gasteiger partial charge in [-0.25, -0.2) is 4.79 Å². The SMILES string of the molecule is CC[C@H](C)[C@H](NC(=O)[C@@H]1CCCN1C(=O)[C@@H](N)CO)C(=O)N[C@@H](CC(C)C)C(=O)N[C@@H](CC(C)C)C(=O)NCC(=O)N[C@H](C(=O)O)C(C)C. The van der Waals surface area contributed by atoms with E-state index in [1.807, 2.05) is 34.6 Å². The summed E-state index contributed by atoms with van der Waals surface area (Å²) in [5.41, 5.74) is 5.71. The summed E-state index contributed by atoms with van der Waals surface area (Å²) in [6.45, 7) is 13.5. The van der Waals surface area contributed by atoms with Gasteiger partial charge in [0, 0.05) is 6.54 Å². The first kappa shape index (κ1) is 43.2. The quantitative estimate of drug-likeness (QED) is 0.0789. The lowest BCUT2D eigenvalue weighted by molar-refractivity contribution is -0.143.